The van der Waals surface area contributed by atoms with Crippen LogP contribution in [0.3, 0.4) is 0 Å². The average Bonchev–Trinajstić information content (AvgIpc) is 2.49. The Hall–Kier alpha value is -1.11. The molecular weight excluding hydrogens is 344 g/mol. The van der Waals surface area contributed by atoms with Crippen LogP contribution in [0.25, 0.3) is 0 Å². The highest BCUT2D eigenvalue weighted by molar-refractivity contribution is 9.10. The van der Waals surface area contributed by atoms with Crippen molar-refractivity contribution in [2.75, 3.05) is 58.7 Å². The van der Waals surface area contributed by atoms with Crippen molar-refractivity contribution in [3.8, 4) is 0 Å². The zero-order valence-corrected chi connectivity index (χ0v) is 15.2. The molecule has 0 spiro atoms. The number of carbonyl (C=O) groups excluding carboxylic acids is 1. The van der Waals surface area contributed by atoms with Crippen molar-refractivity contribution in [2.45, 2.75) is 6.92 Å². The van der Waals surface area contributed by atoms with Gasteiger partial charge in [-0.15, -0.1) is 0 Å². The number of amides is 2. The maximum atomic E-state index is 12.3. The highest BCUT2D eigenvalue weighted by Crippen LogP contribution is 2.21. The van der Waals surface area contributed by atoms with Gasteiger partial charge in [-0.1, -0.05) is 22.0 Å². The molecule has 22 heavy (non-hydrogen) atoms. The summed E-state index contributed by atoms with van der Waals surface area (Å²) < 4.78 is 1.01. The highest BCUT2D eigenvalue weighted by atomic mass is 79.9. The number of hydrogen-bond donors (Lipinski definition) is 1. The van der Waals surface area contributed by atoms with Gasteiger partial charge in [-0.25, -0.2) is 4.79 Å². The van der Waals surface area contributed by atoms with E-state index in [0.29, 0.717) is 0 Å². The number of hydrogen-bond acceptors (Lipinski definition) is 3. The molecule has 0 unspecified atom stereocenters. The number of halogens is 1. The molecule has 0 bridgehead atoms. The largest absolute Gasteiger partial charge is 0.322 e. The molecule has 1 heterocycles. The van der Waals surface area contributed by atoms with E-state index in [4.69, 9.17) is 0 Å². The quantitative estimate of drug-likeness (QED) is 0.886. The number of aryl methyl sites for hydroxylation is 1. The fourth-order valence-electron chi connectivity index (χ4n) is 2.39. The molecule has 1 aliphatic heterocycles. The Morgan fingerprint density at radius 1 is 1.27 bits per heavy atom. The molecule has 0 saturated carbocycles. The number of anilines is 1. The number of urea groups is 1. The minimum Gasteiger partial charge on any atom is -0.322 e. The Bertz CT molecular complexity index is 513. The fourth-order valence-corrected chi connectivity index (χ4v) is 2.77. The smallest absolute Gasteiger partial charge is 0.321 e. The van der Waals surface area contributed by atoms with Crippen LogP contribution in [-0.4, -0.2) is 74.1 Å². The molecule has 0 radical (unpaired) electrons. The van der Waals surface area contributed by atoms with Gasteiger partial charge in [-0.2, -0.15) is 0 Å². The minimum atomic E-state index is -0.0111. The first-order valence-corrected chi connectivity index (χ1v) is 8.44. The number of nitrogens with one attached hydrogen (secondary N) is 1. The predicted octanol–water partition coefficient (Wildman–Crippen LogP) is 2.47. The summed E-state index contributed by atoms with van der Waals surface area (Å²) in [6.45, 7) is 7.61. The van der Waals surface area contributed by atoms with E-state index in [2.05, 4.69) is 45.1 Å². The Morgan fingerprint density at radius 2 is 1.95 bits per heavy atom. The highest BCUT2D eigenvalue weighted by Gasteiger charge is 2.21. The lowest BCUT2D eigenvalue weighted by Gasteiger charge is -2.35. The van der Waals surface area contributed by atoms with Crippen LogP contribution in [0.5, 0.6) is 0 Å². The molecule has 0 aliphatic carbocycles. The van der Waals surface area contributed by atoms with Gasteiger partial charge in [0.15, 0.2) is 0 Å². The Labute approximate surface area is 141 Å². The zero-order valence-electron chi connectivity index (χ0n) is 13.6. The van der Waals surface area contributed by atoms with E-state index in [1.54, 1.807) is 0 Å². The SMILES string of the molecule is Cc1ccc(NC(=O)N2CCN(CCN(C)C)CC2)cc1Br. The lowest BCUT2D eigenvalue weighted by atomic mass is 10.2. The number of carbonyl (C=O) groups is 1. The summed E-state index contributed by atoms with van der Waals surface area (Å²) in [5.74, 6) is 0. The number of piperazine rings is 1. The minimum absolute atomic E-state index is 0.0111. The summed E-state index contributed by atoms with van der Waals surface area (Å²) >= 11 is 3.49. The topological polar surface area (TPSA) is 38.8 Å². The molecule has 1 saturated heterocycles. The summed E-state index contributed by atoms with van der Waals surface area (Å²) in [7, 11) is 4.17. The lowest BCUT2D eigenvalue weighted by molar-refractivity contribution is 0.140. The van der Waals surface area contributed by atoms with Gasteiger partial charge in [0.2, 0.25) is 0 Å². The predicted molar refractivity (Wildman–Crippen MR) is 94.5 cm³/mol. The molecule has 0 aromatic heterocycles. The van der Waals surface area contributed by atoms with Crippen molar-refractivity contribution in [2.24, 2.45) is 0 Å². The van der Waals surface area contributed by atoms with Crippen LogP contribution in [0, 0.1) is 6.92 Å². The van der Waals surface area contributed by atoms with E-state index in [1.807, 2.05) is 30.0 Å². The average molecular weight is 369 g/mol. The summed E-state index contributed by atoms with van der Waals surface area (Å²) in [5.41, 5.74) is 1.99. The maximum absolute atomic E-state index is 12.3. The monoisotopic (exact) mass is 368 g/mol. The van der Waals surface area contributed by atoms with E-state index in [1.165, 1.54) is 0 Å². The van der Waals surface area contributed by atoms with E-state index in [9.17, 15) is 4.79 Å². The van der Waals surface area contributed by atoms with Gasteiger partial charge in [0.05, 0.1) is 0 Å². The molecule has 6 heteroatoms. The van der Waals surface area contributed by atoms with Gasteiger partial charge < -0.3 is 15.1 Å². The normalized spacial score (nSPS) is 16.1. The van der Waals surface area contributed by atoms with Crippen molar-refractivity contribution < 1.29 is 4.79 Å². The van der Waals surface area contributed by atoms with Gasteiger partial charge in [0, 0.05) is 49.4 Å². The molecule has 122 valence electrons. The Kier molecular flexibility index (Phi) is 6.23. The van der Waals surface area contributed by atoms with Crippen molar-refractivity contribution in [1.29, 1.82) is 0 Å². The van der Waals surface area contributed by atoms with Gasteiger partial charge in [0.25, 0.3) is 0 Å². The molecule has 0 atom stereocenters. The van der Waals surface area contributed by atoms with Crippen molar-refractivity contribution in [3.63, 3.8) is 0 Å². The zero-order chi connectivity index (χ0) is 16.1. The van der Waals surface area contributed by atoms with Gasteiger partial charge >= 0.3 is 6.03 Å². The van der Waals surface area contributed by atoms with E-state index < -0.39 is 0 Å². The molecule has 1 N–H and O–H groups in total. The van der Waals surface area contributed by atoms with Crippen LogP contribution in [-0.2, 0) is 0 Å². The summed E-state index contributed by atoms with van der Waals surface area (Å²) in [6.07, 6.45) is 0. The number of likely N-dealkylation sites (N-methyl/N-ethyl adjacent to an activating group) is 1. The first kappa shape index (κ1) is 17.2. The van der Waals surface area contributed by atoms with E-state index >= 15 is 0 Å². The molecule has 2 rings (SSSR count). The molecule has 2 amide bonds. The first-order valence-electron chi connectivity index (χ1n) is 7.65. The summed E-state index contributed by atoms with van der Waals surface area (Å²) in [4.78, 5) is 18.8. The number of rotatable bonds is 4. The third-order valence-corrected chi connectivity index (χ3v) is 4.80. The second-order valence-corrected chi connectivity index (χ2v) is 6.88. The molecular formula is C16H25BrN4O. The molecule has 1 aromatic rings. The Morgan fingerprint density at radius 3 is 2.55 bits per heavy atom. The standard InChI is InChI=1S/C16H25BrN4O/c1-13-4-5-14(12-15(13)17)18-16(22)21-10-8-20(9-11-21)7-6-19(2)3/h4-5,12H,6-11H2,1-3H3,(H,18,22). The van der Waals surface area contributed by atoms with Crippen LogP contribution in [0.15, 0.2) is 22.7 Å². The second-order valence-electron chi connectivity index (χ2n) is 6.03. The van der Waals surface area contributed by atoms with Gasteiger partial charge in [-0.05, 0) is 38.7 Å². The third kappa shape index (κ3) is 4.97. The van der Waals surface area contributed by atoms with Gasteiger partial charge in [-0.3, -0.25) is 4.90 Å². The van der Waals surface area contributed by atoms with Crippen LogP contribution in [0.4, 0.5) is 10.5 Å². The van der Waals surface area contributed by atoms with Crippen molar-refractivity contribution in [3.05, 3.63) is 28.2 Å². The first-order chi connectivity index (χ1) is 10.5. The second kappa shape index (κ2) is 7.94. The lowest BCUT2D eigenvalue weighted by Crippen LogP contribution is -2.51. The van der Waals surface area contributed by atoms with Crippen LogP contribution in [0.2, 0.25) is 0 Å². The molecule has 5 nitrogen and oxygen atoms in total. The summed E-state index contributed by atoms with van der Waals surface area (Å²) in [5, 5.41) is 2.97. The molecule has 1 aliphatic rings. The van der Waals surface area contributed by atoms with Crippen LogP contribution < -0.4 is 5.32 Å². The Balaban J connectivity index is 1.81. The molecule has 1 fully saturated rings. The van der Waals surface area contributed by atoms with Crippen molar-refractivity contribution in [1.82, 2.24) is 14.7 Å². The summed E-state index contributed by atoms with van der Waals surface area (Å²) in [6, 6.07) is 5.87. The molecule has 1 aromatic carbocycles. The van der Waals surface area contributed by atoms with Crippen LogP contribution >= 0.6 is 15.9 Å². The maximum Gasteiger partial charge on any atom is 0.321 e. The van der Waals surface area contributed by atoms with Crippen molar-refractivity contribution >= 4 is 27.6 Å². The van der Waals surface area contributed by atoms with Gasteiger partial charge in [0.1, 0.15) is 0 Å². The van der Waals surface area contributed by atoms with Crippen LogP contribution in [0.1, 0.15) is 5.56 Å². The number of benzene rings is 1. The number of nitrogens with zero attached hydrogens (tertiary/aromatic N) is 3. The third-order valence-electron chi connectivity index (χ3n) is 3.95. The van der Waals surface area contributed by atoms with E-state index in [-0.39, 0.29) is 6.03 Å². The van der Waals surface area contributed by atoms with E-state index in [0.717, 1.165) is 55.0 Å². The fraction of sp³-hybridized carbons (Fsp3) is 0.562.